The summed E-state index contributed by atoms with van der Waals surface area (Å²) in [5, 5.41) is 0. The number of rotatable bonds is 2. The molecule has 12 heavy (non-hydrogen) atoms. The van der Waals surface area contributed by atoms with Crippen LogP contribution in [0.1, 0.15) is 17.0 Å². The number of aryl methyl sites for hydroxylation is 1. The normalized spacial score (nSPS) is 12.6. The smallest absolute Gasteiger partial charge is 0.0159 e. The second kappa shape index (κ2) is 4.08. The van der Waals surface area contributed by atoms with Gasteiger partial charge in [-0.3, -0.25) is 0 Å². The number of halogens is 1. The monoisotopic (exact) mass is 271 g/mol. The van der Waals surface area contributed by atoms with E-state index in [9.17, 15) is 0 Å². The van der Waals surface area contributed by atoms with Gasteiger partial charge in [-0.25, -0.2) is 0 Å². The van der Waals surface area contributed by atoms with E-state index in [1.54, 1.807) is 0 Å². The maximum absolute atomic E-state index is 3.98. The molecule has 0 spiro atoms. The molecule has 0 fully saturated rings. The van der Waals surface area contributed by atoms with Crippen LogP contribution in [0.25, 0.3) is 0 Å². The Morgan fingerprint density at radius 2 is 2.17 bits per heavy atom. The molecule has 1 unspecified atom stereocenters. The molecule has 0 aromatic heterocycles. The van der Waals surface area contributed by atoms with E-state index in [4.69, 9.17) is 0 Å². The van der Waals surface area contributed by atoms with Gasteiger partial charge in [-0.15, -0.1) is 6.58 Å². The Kier molecular flexibility index (Phi) is 3.32. The quantitative estimate of drug-likeness (QED) is 0.568. The summed E-state index contributed by atoms with van der Waals surface area (Å²) < 4.78 is 1.30. The molecule has 0 aliphatic heterocycles. The van der Waals surface area contributed by atoms with Gasteiger partial charge in [-0.05, 0) is 53.6 Å². The second-order valence-electron chi connectivity index (χ2n) is 2.85. The van der Waals surface area contributed by atoms with Crippen molar-refractivity contribution in [3.63, 3.8) is 0 Å². The van der Waals surface area contributed by atoms with Crippen molar-refractivity contribution in [1.29, 1.82) is 0 Å². The van der Waals surface area contributed by atoms with Crippen molar-refractivity contribution in [2.45, 2.75) is 12.8 Å². The zero-order valence-corrected chi connectivity index (χ0v) is 9.34. The molecule has 0 amide bonds. The zero-order valence-electron chi connectivity index (χ0n) is 7.18. The molecule has 0 aliphatic carbocycles. The van der Waals surface area contributed by atoms with E-state index >= 15 is 0 Å². The first-order valence-corrected chi connectivity index (χ1v) is 4.94. The Hall–Kier alpha value is -0.310. The second-order valence-corrected chi connectivity index (χ2v) is 4.01. The molecule has 0 heterocycles. The van der Waals surface area contributed by atoms with E-state index in [0.717, 1.165) is 0 Å². The van der Waals surface area contributed by atoms with E-state index in [-0.39, 0.29) is 5.92 Å². The summed E-state index contributed by atoms with van der Waals surface area (Å²) in [6, 6.07) is 6.39. The van der Waals surface area contributed by atoms with Crippen LogP contribution in [0.3, 0.4) is 0 Å². The lowest BCUT2D eigenvalue weighted by Gasteiger charge is -2.07. The van der Waals surface area contributed by atoms with Gasteiger partial charge in [-0.1, -0.05) is 18.2 Å². The summed E-state index contributed by atoms with van der Waals surface area (Å²) in [5.74, 6) is 0.209. The van der Waals surface area contributed by atoms with Crippen molar-refractivity contribution >= 4 is 22.6 Å². The number of hydrogen-bond donors (Lipinski definition) is 0. The van der Waals surface area contributed by atoms with Crippen LogP contribution in [-0.2, 0) is 0 Å². The first-order chi connectivity index (χ1) is 5.65. The van der Waals surface area contributed by atoms with Gasteiger partial charge in [0.25, 0.3) is 0 Å². The van der Waals surface area contributed by atoms with E-state index in [1.165, 1.54) is 14.7 Å². The van der Waals surface area contributed by atoms with Gasteiger partial charge in [0.1, 0.15) is 0 Å². The molecule has 1 heteroatoms. The van der Waals surface area contributed by atoms with Gasteiger partial charge in [0.2, 0.25) is 0 Å². The fourth-order valence-corrected chi connectivity index (χ4v) is 1.37. The standard InChI is InChI=1S/C11H12I/c1-4-8(2)10-5-6-11(12)9(3)7-10/h4-8H,1-2H2,3H3. The average Bonchev–Trinajstić information content (AvgIpc) is 2.08. The highest BCUT2D eigenvalue weighted by atomic mass is 127. The summed E-state index contributed by atoms with van der Waals surface area (Å²) in [5.41, 5.74) is 2.55. The number of hydrogen-bond acceptors (Lipinski definition) is 0. The maximum atomic E-state index is 3.98. The van der Waals surface area contributed by atoms with Crippen LogP contribution >= 0.6 is 22.6 Å². The minimum Gasteiger partial charge on any atom is -0.102 e. The molecule has 0 saturated carbocycles. The van der Waals surface area contributed by atoms with Gasteiger partial charge >= 0.3 is 0 Å². The summed E-state index contributed by atoms with van der Waals surface area (Å²) in [6.07, 6.45) is 1.86. The minimum absolute atomic E-state index is 0.209. The molecule has 0 nitrogen and oxygen atoms in total. The molecule has 1 radical (unpaired) electrons. The van der Waals surface area contributed by atoms with Crippen LogP contribution in [-0.4, -0.2) is 0 Å². The van der Waals surface area contributed by atoms with Crippen LogP contribution in [0.15, 0.2) is 30.9 Å². The van der Waals surface area contributed by atoms with Gasteiger partial charge in [-0.2, -0.15) is 0 Å². The van der Waals surface area contributed by atoms with Crippen molar-refractivity contribution in [2.24, 2.45) is 0 Å². The summed E-state index contributed by atoms with van der Waals surface area (Å²) >= 11 is 2.33. The molecule has 1 aromatic carbocycles. The van der Waals surface area contributed by atoms with Crippen molar-refractivity contribution < 1.29 is 0 Å². The van der Waals surface area contributed by atoms with Gasteiger partial charge in [0.05, 0.1) is 0 Å². The molecule has 0 bridgehead atoms. The number of allylic oxidation sites excluding steroid dienone is 1. The Bertz CT molecular complexity index is 289. The predicted octanol–water partition coefficient (Wildman–Crippen LogP) is 3.70. The first-order valence-electron chi connectivity index (χ1n) is 3.87. The van der Waals surface area contributed by atoms with Crippen LogP contribution in [0.4, 0.5) is 0 Å². The van der Waals surface area contributed by atoms with Crippen LogP contribution in [0, 0.1) is 17.4 Å². The minimum atomic E-state index is 0.209. The first kappa shape index (κ1) is 9.78. The van der Waals surface area contributed by atoms with Crippen LogP contribution in [0.2, 0.25) is 0 Å². The highest BCUT2D eigenvalue weighted by Crippen LogP contribution is 2.20. The largest absolute Gasteiger partial charge is 0.102 e. The SMILES string of the molecule is [CH2]C(C=C)c1ccc(I)c(C)c1. The third kappa shape index (κ3) is 2.09. The van der Waals surface area contributed by atoms with Gasteiger partial charge < -0.3 is 0 Å². The Morgan fingerprint density at radius 1 is 1.50 bits per heavy atom. The molecule has 0 N–H and O–H groups in total. The van der Waals surface area contributed by atoms with E-state index in [2.05, 4.69) is 61.2 Å². The molecule has 1 rings (SSSR count). The Labute approximate surface area is 87.8 Å². The molecular formula is C11H12I. The molecule has 0 aliphatic rings. The lowest BCUT2D eigenvalue weighted by Crippen LogP contribution is -1.90. The van der Waals surface area contributed by atoms with Crippen molar-refractivity contribution in [1.82, 2.24) is 0 Å². The van der Waals surface area contributed by atoms with Crippen molar-refractivity contribution in [3.05, 3.63) is 52.5 Å². The highest BCUT2D eigenvalue weighted by molar-refractivity contribution is 14.1. The van der Waals surface area contributed by atoms with E-state index < -0.39 is 0 Å². The third-order valence-electron chi connectivity index (χ3n) is 1.89. The molecule has 1 aromatic rings. The van der Waals surface area contributed by atoms with Gasteiger partial charge in [0.15, 0.2) is 0 Å². The molecular weight excluding hydrogens is 259 g/mol. The zero-order chi connectivity index (χ0) is 9.14. The highest BCUT2D eigenvalue weighted by Gasteiger charge is 2.01. The average molecular weight is 271 g/mol. The topological polar surface area (TPSA) is 0 Å². The lowest BCUT2D eigenvalue weighted by atomic mass is 10.00. The van der Waals surface area contributed by atoms with Crippen molar-refractivity contribution in [3.8, 4) is 0 Å². The Balaban J connectivity index is 3.04. The van der Waals surface area contributed by atoms with Gasteiger partial charge in [0, 0.05) is 9.49 Å². The fraction of sp³-hybridized carbons (Fsp3) is 0.182. The third-order valence-corrected chi connectivity index (χ3v) is 3.11. The van der Waals surface area contributed by atoms with Crippen LogP contribution in [0.5, 0.6) is 0 Å². The van der Waals surface area contributed by atoms with E-state index in [0.29, 0.717) is 0 Å². The Morgan fingerprint density at radius 3 is 2.67 bits per heavy atom. The van der Waals surface area contributed by atoms with Crippen LogP contribution < -0.4 is 0 Å². The molecule has 0 saturated heterocycles. The summed E-state index contributed by atoms with van der Waals surface area (Å²) in [4.78, 5) is 0. The van der Waals surface area contributed by atoms with Crippen molar-refractivity contribution in [2.75, 3.05) is 0 Å². The number of benzene rings is 1. The summed E-state index contributed by atoms with van der Waals surface area (Å²) in [7, 11) is 0. The lowest BCUT2D eigenvalue weighted by molar-refractivity contribution is 1.08. The summed E-state index contributed by atoms with van der Waals surface area (Å²) in [6.45, 7) is 9.81. The maximum Gasteiger partial charge on any atom is 0.0159 e. The fourth-order valence-electron chi connectivity index (χ4n) is 1.03. The molecule has 63 valence electrons. The van der Waals surface area contributed by atoms with E-state index in [1.807, 2.05) is 6.08 Å². The molecule has 1 atom stereocenters. The predicted molar refractivity (Wildman–Crippen MR) is 62.2 cm³/mol.